The molecule has 108 heavy (non-hydrogen) atoms. The van der Waals surface area contributed by atoms with E-state index in [4.69, 9.17) is 33.2 Å². The van der Waals surface area contributed by atoms with Crippen molar-refractivity contribution in [2.75, 3.05) is 0 Å². The third kappa shape index (κ3) is 15.2. The van der Waals surface area contributed by atoms with Crippen LogP contribution < -0.4 is 28.4 Å². The van der Waals surface area contributed by atoms with Gasteiger partial charge in [-0.3, -0.25) is 0 Å². The molecule has 0 heterocycles. The molecule has 8 nitrogen and oxygen atoms in total. The molecule has 0 aromatic heterocycles. The van der Waals surface area contributed by atoms with Gasteiger partial charge in [0, 0.05) is 51.6 Å². The van der Waals surface area contributed by atoms with Crippen LogP contribution in [0.2, 0.25) is 0 Å². The standard InChI is InChI=1S/C100H88O8/c1-3-5-7-12-38-76-78-40-14-18-44-82(78)94(83-45-19-15-41-79(76)83)62-102-70-34-30-36-72(58-70)104-64-96-86-48-22-26-52-90(86)98(91-53-27-23-49-87(91)96)66-106-74-56-68(61-108-100(101)69-32-10-9-11-33-69)57-75(60-74)107-67-99-92-54-28-24-50-88(92)97(89-51-25-29-55-93(89)99)65-105-73-37-31-35-71(59-73)103-63-95-84-46-20-16-42-80(84)77(39-13-8-6-4-2)81-43-17-21-47-85(81)95/h9-11,14-37,40-60H,3-8,12-13,38-39,61-67H2,1-2H3. The SMILES string of the molecule is CCCCCCc1c2ccccc2c(COc2cccc(OCc3c4ccccc4c(COc4cc(COC(=O)c5ccccc5)cc(OCc5c6ccccc6c(COc6cccc(OCc7c8ccccc8c(CCCCCC)c8ccccc78)c6)c6ccccc56)c4)c4ccccc34)c2)c2ccccc12. The first-order valence-corrected chi connectivity index (χ1v) is 38.4. The second-order valence-electron chi connectivity index (χ2n) is 28.3. The third-order valence-corrected chi connectivity index (χ3v) is 21.4. The van der Waals surface area contributed by atoms with Crippen LogP contribution in [0.15, 0.2) is 291 Å². The first-order chi connectivity index (χ1) is 53.4. The molecular weight excluding hydrogens is 1330 g/mol. The summed E-state index contributed by atoms with van der Waals surface area (Å²) in [5.41, 5.74) is 10.6. The molecule has 16 aromatic carbocycles. The predicted molar refractivity (Wildman–Crippen MR) is 442 cm³/mol. The molecule has 0 amide bonds. The maximum absolute atomic E-state index is 13.5. The van der Waals surface area contributed by atoms with Gasteiger partial charge in [-0.15, -0.1) is 0 Å². The summed E-state index contributed by atoms with van der Waals surface area (Å²) in [5, 5.41) is 18.7. The normalized spacial score (nSPS) is 11.5. The van der Waals surface area contributed by atoms with Crippen LogP contribution in [0.1, 0.15) is 126 Å². The lowest BCUT2D eigenvalue weighted by Crippen LogP contribution is -2.06. The van der Waals surface area contributed by atoms with Gasteiger partial charge in [0.2, 0.25) is 0 Å². The minimum Gasteiger partial charge on any atom is -0.489 e. The van der Waals surface area contributed by atoms with Gasteiger partial charge in [0.25, 0.3) is 0 Å². The van der Waals surface area contributed by atoms with E-state index in [0.29, 0.717) is 60.6 Å². The Labute approximate surface area is 632 Å². The highest BCUT2D eigenvalue weighted by molar-refractivity contribution is 6.09. The van der Waals surface area contributed by atoms with Crippen LogP contribution in [0.25, 0.3) is 86.2 Å². The van der Waals surface area contributed by atoms with Gasteiger partial charge in [-0.2, -0.15) is 0 Å². The Kier molecular flexibility index (Phi) is 21.5. The summed E-state index contributed by atoms with van der Waals surface area (Å²) in [6, 6.07) is 100. The smallest absolute Gasteiger partial charge is 0.338 e. The summed E-state index contributed by atoms with van der Waals surface area (Å²) in [6.45, 7) is 6.49. The zero-order chi connectivity index (χ0) is 73.0. The van der Waals surface area contributed by atoms with Crippen molar-refractivity contribution < 1.29 is 38.0 Å². The van der Waals surface area contributed by atoms with Gasteiger partial charge in [0.1, 0.15) is 80.7 Å². The van der Waals surface area contributed by atoms with Crippen LogP contribution in [0.3, 0.4) is 0 Å². The minimum atomic E-state index is -0.421. The van der Waals surface area contributed by atoms with E-state index in [1.54, 1.807) is 12.1 Å². The summed E-state index contributed by atoms with van der Waals surface area (Å²) in [5.74, 6) is 3.63. The number of carbonyl (C=O) groups excluding carboxylic acids is 1. The Morgan fingerprint density at radius 3 is 0.713 bits per heavy atom. The van der Waals surface area contributed by atoms with Crippen LogP contribution in [-0.4, -0.2) is 5.97 Å². The molecule has 0 N–H and O–H groups in total. The Balaban J connectivity index is 0.642. The summed E-state index contributed by atoms with van der Waals surface area (Å²) < 4.78 is 47.0. The van der Waals surface area contributed by atoms with Crippen molar-refractivity contribution in [3.8, 4) is 34.5 Å². The molecule has 16 rings (SSSR count). The number of benzene rings is 16. The van der Waals surface area contributed by atoms with E-state index >= 15 is 0 Å². The Morgan fingerprint density at radius 1 is 0.222 bits per heavy atom. The molecule has 0 aliphatic rings. The Morgan fingerprint density at radius 2 is 0.454 bits per heavy atom. The minimum absolute atomic E-state index is 0.00457. The number of unbranched alkanes of at least 4 members (excludes halogenated alkanes) is 6. The van der Waals surface area contributed by atoms with E-state index in [1.165, 1.54) is 117 Å². The summed E-state index contributed by atoms with van der Waals surface area (Å²) in [7, 11) is 0. The molecule has 0 saturated heterocycles. The van der Waals surface area contributed by atoms with Crippen molar-refractivity contribution in [1.29, 1.82) is 0 Å². The van der Waals surface area contributed by atoms with Gasteiger partial charge >= 0.3 is 5.97 Å². The van der Waals surface area contributed by atoms with Crippen molar-refractivity contribution in [3.05, 3.63) is 347 Å². The van der Waals surface area contributed by atoms with E-state index in [2.05, 4.69) is 208 Å². The quantitative estimate of drug-likeness (QED) is 0.0241. The molecule has 8 heteroatoms. The van der Waals surface area contributed by atoms with Gasteiger partial charge < -0.3 is 33.2 Å². The third-order valence-electron chi connectivity index (χ3n) is 21.4. The zero-order valence-corrected chi connectivity index (χ0v) is 61.5. The summed E-state index contributed by atoms with van der Waals surface area (Å²) in [6.07, 6.45) is 11.9. The zero-order valence-electron chi connectivity index (χ0n) is 61.5. The molecule has 0 atom stereocenters. The van der Waals surface area contributed by atoms with Gasteiger partial charge in [0.15, 0.2) is 0 Å². The van der Waals surface area contributed by atoms with Gasteiger partial charge in [-0.05, 0) is 177 Å². The van der Waals surface area contributed by atoms with Crippen molar-refractivity contribution in [1.82, 2.24) is 0 Å². The topological polar surface area (TPSA) is 81.7 Å². The lowest BCUT2D eigenvalue weighted by molar-refractivity contribution is 0.0471. The average Bonchev–Trinajstić information content (AvgIpc) is 0.772. The number of carbonyl (C=O) groups is 1. The van der Waals surface area contributed by atoms with Crippen molar-refractivity contribution >= 4 is 92.1 Å². The van der Waals surface area contributed by atoms with Crippen LogP contribution in [0, 0.1) is 0 Å². The van der Waals surface area contributed by atoms with E-state index in [0.717, 1.165) is 89.7 Å². The maximum Gasteiger partial charge on any atom is 0.338 e. The molecule has 0 aliphatic heterocycles. The van der Waals surface area contributed by atoms with Gasteiger partial charge in [-0.25, -0.2) is 4.79 Å². The molecule has 0 unspecified atom stereocenters. The van der Waals surface area contributed by atoms with Crippen LogP contribution in [0.4, 0.5) is 0 Å². The number of hydrogen-bond acceptors (Lipinski definition) is 8. The molecule has 0 radical (unpaired) electrons. The first-order valence-electron chi connectivity index (χ1n) is 38.4. The van der Waals surface area contributed by atoms with E-state index in [9.17, 15) is 4.79 Å². The summed E-state index contributed by atoms with van der Waals surface area (Å²) in [4.78, 5) is 13.5. The largest absolute Gasteiger partial charge is 0.489 e. The fraction of sp³-hybridized carbons (Fsp3) is 0.190. The number of fused-ring (bicyclic) bond motifs is 8. The fourth-order valence-electron chi connectivity index (χ4n) is 16.1. The molecule has 0 fully saturated rings. The lowest BCUT2D eigenvalue weighted by atomic mass is 9.89. The van der Waals surface area contributed by atoms with Crippen LogP contribution in [-0.2, 0) is 63.8 Å². The second-order valence-corrected chi connectivity index (χ2v) is 28.3. The number of rotatable bonds is 31. The number of aryl methyl sites for hydroxylation is 2. The lowest BCUT2D eigenvalue weighted by Gasteiger charge is -2.19. The van der Waals surface area contributed by atoms with E-state index in [1.807, 2.05) is 84.9 Å². The number of esters is 1. The maximum atomic E-state index is 13.5. The number of hydrogen-bond donors (Lipinski definition) is 0. The molecule has 0 saturated carbocycles. The van der Waals surface area contributed by atoms with Crippen molar-refractivity contribution in [2.45, 2.75) is 124 Å². The molecule has 536 valence electrons. The average molecular weight is 1420 g/mol. The Hall–Kier alpha value is -12.1. The monoisotopic (exact) mass is 1420 g/mol. The van der Waals surface area contributed by atoms with Gasteiger partial charge in [0.05, 0.1) is 5.56 Å². The van der Waals surface area contributed by atoms with E-state index < -0.39 is 5.97 Å². The van der Waals surface area contributed by atoms with Crippen molar-refractivity contribution in [2.24, 2.45) is 0 Å². The highest BCUT2D eigenvalue weighted by Crippen LogP contribution is 2.41. The molecular formula is C100H88O8. The first kappa shape index (κ1) is 70.2. The molecule has 0 spiro atoms. The predicted octanol–water partition coefficient (Wildman–Crippen LogP) is 26.0. The highest BCUT2D eigenvalue weighted by atomic mass is 16.5. The highest BCUT2D eigenvalue weighted by Gasteiger charge is 2.22. The van der Waals surface area contributed by atoms with Crippen LogP contribution in [0.5, 0.6) is 34.5 Å². The Bertz CT molecular complexity index is 5360. The fourth-order valence-corrected chi connectivity index (χ4v) is 16.1. The van der Waals surface area contributed by atoms with Crippen molar-refractivity contribution in [3.63, 3.8) is 0 Å². The van der Waals surface area contributed by atoms with Crippen LogP contribution >= 0.6 is 0 Å². The second kappa shape index (κ2) is 33.1. The molecule has 0 aliphatic carbocycles. The summed E-state index contributed by atoms with van der Waals surface area (Å²) >= 11 is 0. The van der Waals surface area contributed by atoms with E-state index in [-0.39, 0.29) is 19.8 Å². The van der Waals surface area contributed by atoms with Gasteiger partial charge in [-0.1, -0.05) is 277 Å². The number of ether oxygens (including phenoxy) is 7. The molecule has 16 aromatic rings. The molecule has 0 bridgehead atoms.